The number of carbonyl (C=O) groups excluding carboxylic acids is 1. The number of rotatable bonds is 6. The first-order valence-corrected chi connectivity index (χ1v) is 10.8. The van der Waals surface area contributed by atoms with Crippen molar-refractivity contribution in [1.29, 1.82) is 0 Å². The maximum atomic E-state index is 11.5. The highest BCUT2D eigenvalue weighted by Gasteiger charge is 2.35. The molecule has 2 atom stereocenters. The largest absolute Gasteiger partial charge is 0.384 e. The minimum Gasteiger partial charge on any atom is -0.384 e. The molecule has 3 heterocycles. The molecule has 7 nitrogen and oxygen atoms in total. The maximum absolute atomic E-state index is 11.5. The quantitative estimate of drug-likeness (QED) is 0.418. The highest BCUT2D eigenvalue weighted by atomic mass is 35.5. The number of aromatic nitrogens is 2. The van der Waals surface area contributed by atoms with Crippen LogP contribution in [0.1, 0.15) is 31.2 Å². The lowest BCUT2D eigenvalue weighted by molar-refractivity contribution is -0.273. The first-order valence-electron chi connectivity index (χ1n) is 10.0. The Morgan fingerprint density at radius 3 is 2.77 bits per heavy atom. The Labute approximate surface area is 190 Å². The summed E-state index contributed by atoms with van der Waals surface area (Å²) < 4.78 is 0. The number of benzene rings is 1. The summed E-state index contributed by atoms with van der Waals surface area (Å²) in [6, 6.07) is 11.3. The number of nitrogens with two attached hydrogens (primary N) is 1. The molecule has 1 saturated heterocycles. The molecule has 1 aliphatic rings. The molecule has 2 unspecified atom stereocenters. The smallest absolute Gasteiger partial charge is 0.342 e. The molecule has 0 aliphatic carbocycles. The third-order valence-corrected chi connectivity index (χ3v) is 6.22. The summed E-state index contributed by atoms with van der Waals surface area (Å²) in [6.45, 7) is 2.62. The maximum Gasteiger partial charge on any atom is 0.342 e. The second kappa shape index (κ2) is 9.26. The third-order valence-electron chi connectivity index (χ3n) is 5.43. The van der Waals surface area contributed by atoms with Gasteiger partial charge < -0.3 is 10.6 Å². The van der Waals surface area contributed by atoms with Gasteiger partial charge in [0.15, 0.2) is 0 Å². The predicted octanol–water partition coefficient (Wildman–Crippen LogP) is 4.77. The summed E-state index contributed by atoms with van der Waals surface area (Å²) in [6.07, 6.45) is 2.82. The molecular formula is C22H22Cl2N4O3. The van der Waals surface area contributed by atoms with Gasteiger partial charge in [-0.15, -0.1) is 0 Å². The highest BCUT2D eigenvalue weighted by molar-refractivity contribution is 6.45. The van der Waals surface area contributed by atoms with Crippen molar-refractivity contribution in [2.45, 2.75) is 31.7 Å². The number of carbonyl (C=O) groups is 1. The summed E-state index contributed by atoms with van der Waals surface area (Å²) in [5, 5.41) is 1.78. The summed E-state index contributed by atoms with van der Waals surface area (Å²) in [7, 11) is 0. The molecule has 3 aromatic rings. The van der Waals surface area contributed by atoms with Crippen LogP contribution in [0.3, 0.4) is 0 Å². The predicted molar refractivity (Wildman–Crippen MR) is 121 cm³/mol. The van der Waals surface area contributed by atoms with Crippen LogP contribution in [-0.4, -0.2) is 35.1 Å². The lowest BCUT2D eigenvalue weighted by Gasteiger charge is -2.25. The van der Waals surface area contributed by atoms with Gasteiger partial charge in [-0.1, -0.05) is 42.3 Å². The fourth-order valence-electron chi connectivity index (χ4n) is 3.77. The number of pyridine rings is 2. The summed E-state index contributed by atoms with van der Waals surface area (Å²) in [5.74, 6) is 1.01. The average Bonchev–Trinajstić information content (AvgIpc) is 3.20. The highest BCUT2D eigenvalue weighted by Crippen LogP contribution is 2.37. The Balaban J connectivity index is 1.63. The molecule has 162 valence electrons. The third kappa shape index (κ3) is 4.69. The number of hydrogen-bond donors (Lipinski definition) is 1. The minimum atomic E-state index is -0.408. The van der Waals surface area contributed by atoms with Crippen LogP contribution in [0.2, 0.25) is 10.0 Å². The van der Waals surface area contributed by atoms with E-state index in [4.69, 9.17) is 43.7 Å². The Morgan fingerprint density at radius 2 is 2.03 bits per heavy atom. The summed E-state index contributed by atoms with van der Waals surface area (Å²) in [5.41, 5.74) is 7.45. The molecule has 2 aromatic heterocycles. The van der Waals surface area contributed by atoms with Crippen LogP contribution in [0.5, 0.6) is 0 Å². The second-order valence-corrected chi connectivity index (χ2v) is 8.24. The number of nitrogen functional groups attached to an aromatic ring is 1. The second-order valence-electron chi connectivity index (χ2n) is 7.45. The molecule has 4 rings (SSSR count). The molecule has 0 amide bonds. The van der Waals surface area contributed by atoms with Crippen LogP contribution in [0.15, 0.2) is 42.6 Å². The van der Waals surface area contributed by atoms with E-state index in [1.807, 2.05) is 24.3 Å². The van der Waals surface area contributed by atoms with E-state index in [0.717, 1.165) is 23.2 Å². The topological polar surface area (TPSA) is 90.6 Å². The summed E-state index contributed by atoms with van der Waals surface area (Å²) >= 11 is 12.6. The Morgan fingerprint density at radius 1 is 1.23 bits per heavy atom. The fraction of sp³-hybridized carbons (Fsp3) is 0.318. The molecule has 1 aromatic carbocycles. The first kappa shape index (κ1) is 21.6. The number of nitrogens with zero attached hydrogens (tertiary/aromatic N) is 3. The van der Waals surface area contributed by atoms with Crippen molar-refractivity contribution in [2.75, 3.05) is 23.8 Å². The Hall–Kier alpha value is -2.61. The van der Waals surface area contributed by atoms with E-state index < -0.39 is 5.97 Å². The van der Waals surface area contributed by atoms with Crippen LogP contribution in [0.25, 0.3) is 10.9 Å². The molecule has 31 heavy (non-hydrogen) atoms. The van der Waals surface area contributed by atoms with Gasteiger partial charge in [0, 0.05) is 30.5 Å². The number of hydrogen-bond acceptors (Lipinski definition) is 7. The van der Waals surface area contributed by atoms with E-state index in [2.05, 4.69) is 9.88 Å². The fourth-order valence-corrected chi connectivity index (χ4v) is 4.14. The van der Waals surface area contributed by atoms with Crippen molar-refractivity contribution in [3.05, 3.63) is 58.2 Å². The Kier molecular flexibility index (Phi) is 6.46. The van der Waals surface area contributed by atoms with E-state index in [1.165, 1.54) is 0 Å². The van der Waals surface area contributed by atoms with Crippen molar-refractivity contribution in [3.8, 4) is 0 Å². The van der Waals surface area contributed by atoms with Gasteiger partial charge in [-0.2, -0.15) is 4.89 Å². The van der Waals surface area contributed by atoms with Crippen molar-refractivity contribution < 1.29 is 14.6 Å². The van der Waals surface area contributed by atoms with Crippen molar-refractivity contribution in [2.24, 2.45) is 0 Å². The molecule has 0 bridgehead atoms. The lowest BCUT2D eigenvalue weighted by Crippen LogP contribution is -2.34. The zero-order valence-electron chi connectivity index (χ0n) is 16.9. The van der Waals surface area contributed by atoms with E-state index in [-0.39, 0.29) is 25.0 Å². The SMILES string of the molecule is CCC(=O)OOCC1CC(c2ccc(N)nc2)CN1c1ccc2ccc(Cl)c(Cl)c2n1. The first-order chi connectivity index (χ1) is 15.0. The van der Waals surface area contributed by atoms with E-state index >= 15 is 0 Å². The van der Waals surface area contributed by atoms with Gasteiger partial charge >= 0.3 is 5.97 Å². The Bertz CT molecular complexity index is 1090. The van der Waals surface area contributed by atoms with Gasteiger partial charge in [0.25, 0.3) is 0 Å². The molecule has 1 aliphatic heterocycles. The van der Waals surface area contributed by atoms with Gasteiger partial charge in [-0.05, 0) is 36.2 Å². The standard InChI is InChI=1S/C22H22Cl2N4O3/c1-2-20(29)31-30-12-16-9-15(14-4-7-18(25)26-10-14)11-28(16)19-8-5-13-3-6-17(23)21(24)22(13)27-19/h3-8,10,15-16H,2,9,11-12H2,1H3,(H2,25,26). The molecule has 2 N–H and O–H groups in total. The monoisotopic (exact) mass is 460 g/mol. The van der Waals surface area contributed by atoms with Crippen molar-refractivity contribution >= 4 is 51.7 Å². The van der Waals surface area contributed by atoms with Crippen LogP contribution < -0.4 is 10.6 Å². The normalized spacial score (nSPS) is 18.5. The van der Waals surface area contributed by atoms with Crippen LogP contribution in [0.4, 0.5) is 11.6 Å². The van der Waals surface area contributed by atoms with Crippen molar-refractivity contribution in [1.82, 2.24) is 9.97 Å². The van der Waals surface area contributed by atoms with Crippen LogP contribution >= 0.6 is 23.2 Å². The summed E-state index contributed by atoms with van der Waals surface area (Å²) in [4.78, 5) is 32.7. The van der Waals surface area contributed by atoms with Crippen LogP contribution in [0, 0.1) is 0 Å². The van der Waals surface area contributed by atoms with Crippen molar-refractivity contribution in [3.63, 3.8) is 0 Å². The van der Waals surface area contributed by atoms with Gasteiger partial charge in [-0.25, -0.2) is 14.8 Å². The van der Waals surface area contributed by atoms with Gasteiger partial charge in [-0.3, -0.25) is 4.89 Å². The number of halogens is 2. The molecule has 1 fully saturated rings. The van der Waals surface area contributed by atoms with Gasteiger partial charge in [0.2, 0.25) is 0 Å². The molecular weight excluding hydrogens is 439 g/mol. The lowest BCUT2D eigenvalue weighted by atomic mass is 9.98. The van der Waals surface area contributed by atoms with E-state index in [9.17, 15) is 4.79 Å². The van der Waals surface area contributed by atoms with Crippen LogP contribution in [-0.2, 0) is 14.6 Å². The molecule has 0 spiro atoms. The number of anilines is 2. The minimum absolute atomic E-state index is 0.0601. The van der Waals surface area contributed by atoms with Gasteiger partial charge in [0.05, 0.1) is 21.6 Å². The molecule has 9 heteroatoms. The average molecular weight is 461 g/mol. The number of fused-ring (bicyclic) bond motifs is 1. The van der Waals surface area contributed by atoms with E-state index in [0.29, 0.717) is 27.9 Å². The van der Waals surface area contributed by atoms with Gasteiger partial charge in [0.1, 0.15) is 18.2 Å². The molecule has 0 saturated carbocycles. The zero-order valence-corrected chi connectivity index (χ0v) is 18.4. The molecule has 0 radical (unpaired) electrons. The zero-order chi connectivity index (χ0) is 22.0. The van der Waals surface area contributed by atoms with E-state index in [1.54, 1.807) is 25.3 Å².